The van der Waals surface area contributed by atoms with Gasteiger partial charge in [0, 0.05) is 28.4 Å². The van der Waals surface area contributed by atoms with Gasteiger partial charge in [-0.1, -0.05) is 38.4 Å². The number of hydrogen-bond acceptors (Lipinski definition) is 5. The van der Waals surface area contributed by atoms with Crippen molar-refractivity contribution >= 4 is 46.2 Å². The van der Waals surface area contributed by atoms with Gasteiger partial charge in [0.2, 0.25) is 11.8 Å². The standard InChI is InChI=1S/C25H33ClN4O5/c1-25(2,3)13-20(30-22(32)18-12-15-16(26)8-5-9-17(15)28-18)23(33)29-19(24(34)35-4)11-14-7-6-10-27-21(14)31/h5,8-9,12,14,19-20,28H,6-7,10-11,13H2,1-4H3,(H,27,31)(H,29,33)(H,30,32)/t14-,19-,20-/m0/s1. The van der Waals surface area contributed by atoms with E-state index < -0.39 is 35.8 Å². The first-order chi connectivity index (χ1) is 16.5. The molecule has 190 valence electrons. The van der Waals surface area contributed by atoms with Crippen LogP contribution < -0.4 is 16.0 Å². The highest BCUT2D eigenvalue weighted by atomic mass is 35.5. The molecule has 10 heteroatoms. The summed E-state index contributed by atoms with van der Waals surface area (Å²) in [6.07, 6.45) is 1.88. The fourth-order valence-corrected chi connectivity index (χ4v) is 4.50. The monoisotopic (exact) mass is 504 g/mol. The van der Waals surface area contributed by atoms with E-state index in [2.05, 4.69) is 20.9 Å². The molecule has 2 aromatic rings. The average molecular weight is 505 g/mol. The topological polar surface area (TPSA) is 129 Å². The minimum absolute atomic E-state index is 0.126. The van der Waals surface area contributed by atoms with E-state index in [0.717, 1.165) is 6.42 Å². The number of amides is 3. The third-order valence-corrected chi connectivity index (χ3v) is 6.35. The molecule has 2 heterocycles. The minimum Gasteiger partial charge on any atom is -0.467 e. The largest absolute Gasteiger partial charge is 0.467 e. The number of methoxy groups -OCH3 is 1. The average Bonchev–Trinajstić information content (AvgIpc) is 3.24. The lowest BCUT2D eigenvalue weighted by molar-refractivity contribution is -0.146. The summed E-state index contributed by atoms with van der Waals surface area (Å²) < 4.78 is 4.88. The Balaban J connectivity index is 1.78. The molecule has 0 bridgehead atoms. The van der Waals surface area contributed by atoms with Gasteiger partial charge in [0.05, 0.1) is 7.11 Å². The molecule has 0 unspecified atom stereocenters. The van der Waals surface area contributed by atoms with Crippen molar-refractivity contribution in [2.45, 2.75) is 58.5 Å². The minimum atomic E-state index is -1.01. The van der Waals surface area contributed by atoms with Crippen LogP contribution in [-0.4, -0.2) is 54.4 Å². The molecule has 1 aromatic heterocycles. The normalized spacial score (nSPS) is 17.9. The van der Waals surface area contributed by atoms with Crippen molar-refractivity contribution < 1.29 is 23.9 Å². The van der Waals surface area contributed by atoms with Crippen LogP contribution in [-0.2, 0) is 19.1 Å². The Morgan fingerprint density at radius 2 is 1.94 bits per heavy atom. The Morgan fingerprint density at radius 3 is 2.57 bits per heavy atom. The van der Waals surface area contributed by atoms with Gasteiger partial charge in [-0.3, -0.25) is 14.4 Å². The van der Waals surface area contributed by atoms with Crippen LogP contribution in [0.4, 0.5) is 0 Å². The van der Waals surface area contributed by atoms with E-state index in [9.17, 15) is 19.2 Å². The number of hydrogen-bond donors (Lipinski definition) is 4. The number of piperidine rings is 1. The van der Waals surface area contributed by atoms with E-state index in [4.69, 9.17) is 16.3 Å². The SMILES string of the molecule is COC(=O)[C@H](C[C@@H]1CCCNC1=O)NC(=O)[C@H](CC(C)(C)C)NC(=O)c1cc2c(Cl)cccc2[nH]1. The number of H-pyrrole nitrogens is 1. The van der Waals surface area contributed by atoms with Gasteiger partial charge in [0.1, 0.15) is 17.8 Å². The maximum atomic E-state index is 13.3. The number of rotatable bonds is 8. The Hall–Kier alpha value is -3.07. The Bertz CT molecular complexity index is 1110. The number of carbonyl (C=O) groups excluding carboxylic acids is 4. The van der Waals surface area contributed by atoms with Crippen LogP contribution in [0.15, 0.2) is 24.3 Å². The number of benzene rings is 1. The van der Waals surface area contributed by atoms with Crippen LogP contribution in [0.3, 0.4) is 0 Å². The summed E-state index contributed by atoms with van der Waals surface area (Å²) in [6.45, 7) is 6.45. The highest BCUT2D eigenvalue weighted by Gasteiger charge is 2.34. The first kappa shape index (κ1) is 26.5. The summed E-state index contributed by atoms with van der Waals surface area (Å²) in [4.78, 5) is 54.0. The van der Waals surface area contributed by atoms with Crippen molar-refractivity contribution in [1.82, 2.24) is 20.9 Å². The number of fused-ring (bicyclic) bond motifs is 1. The third kappa shape index (κ3) is 6.97. The molecule has 1 aliphatic heterocycles. The third-order valence-electron chi connectivity index (χ3n) is 6.02. The highest BCUT2D eigenvalue weighted by Crippen LogP contribution is 2.25. The molecule has 3 atom stereocenters. The van der Waals surface area contributed by atoms with Crippen molar-refractivity contribution in [3.05, 3.63) is 35.0 Å². The number of esters is 1. The van der Waals surface area contributed by atoms with Crippen LogP contribution >= 0.6 is 11.6 Å². The van der Waals surface area contributed by atoms with Crippen LogP contribution in [0.2, 0.25) is 5.02 Å². The highest BCUT2D eigenvalue weighted by molar-refractivity contribution is 6.35. The maximum absolute atomic E-state index is 13.3. The molecule has 3 rings (SSSR count). The molecule has 1 aromatic carbocycles. The van der Waals surface area contributed by atoms with Crippen LogP contribution in [0.1, 0.15) is 56.9 Å². The second-order valence-electron chi connectivity index (χ2n) is 10.1. The molecule has 0 saturated carbocycles. The summed E-state index contributed by atoms with van der Waals surface area (Å²) in [5.74, 6) is -2.17. The van der Waals surface area contributed by atoms with Crippen molar-refractivity contribution in [2.75, 3.05) is 13.7 Å². The predicted octanol–water partition coefficient (Wildman–Crippen LogP) is 2.93. The molecule has 9 nitrogen and oxygen atoms in total. The molecule has 0 aliphatic carbocycles. The molecule has 4 N–H and O–H groups in total. The fourth-order valence-electron chi connectivity index (χ4n) is 4.27. The molecule has 1 fully saturated rings. The zero-order valence-corrected chi connectivity index (χ0v) is 21.3. The van der Waals surface area contributed by atoms with E-state index >= 15 is 0 Å². The summed E-state index contributed by atoms with van der Waals surface area (Å²) in [5, 5.41) is 9.50. The molecule has 0 radical (unpaired) electrons. The number of carbonyl (C=O) groups is 4. The van der Waals surface area contributed by atoms with Gasteiger partial charge in [-0.2, -0.15) is 0 Å². The molecule has 0 spiro atoms. The molecular formula is C25H33ClN4O5. The molecular weight excluding hydrogens is 472 g/mol. The lowest BCUT2D eigenvalue weighted by atomic mass is 9.87. The van der Waals surface area contributed by atoms with Crippen LogP contribution in [0.25, 0.3) is 10.9 Å². The van der Waals surface area contributed by atoms with E-state index in [1.165, 1.54) is 7.11 Å². The molecule has 1 aliphatic rings. The summed E-state index contributed by atoms with van der Waals surface area (Å²) >= 11 is 6.22. The smallest absolute Gasteiger partial charge is 0.328 e. The van der Waals surface area contributed by atoms with Gasteiger partial charge in [0.15, 0.2) is 0 Å². The quantitative estimate of drug-likeness (QED) is 0.411. The van der Waals surface area contributed by atoms with E-state index in [-0.39, 0.29) is 23.4 Å². The lowest BCUT2D eigenvalue weighted by Crippen LogP contribution is -2.54. The Labute approximate surface area is 209 Å². The van der Waals surface area contributed by atoms with Gasteiger partial charge < -0.3 is 25.7 Å². The molecule has 1 saturated heterocycles. The number of nitrogens with one attached hydrogen (secondary N) is 4. The summed E-state index contributed by atoms with van der Waals surface area (Å²) in [5.41, 5.74) is 0.669. The maximum Gasteiger partial charge on any atom is 0.328 e. The van der Waals surface area contributed by atoms with E-state index in [1.807, 2.05) is 20.8 Å². The van der Waals surface area contributed by atoms with Gasteiger partial charge in [-0.05, 0) is 49.3 Å². The van der Waals surface area contributed by atoms with Gasteiger partial charge in [-0.15, -0.1) is 0 Å². The number of ether oxygens (including phenoxy) is 1. The van der Waals surface area contributed by atoms with Crippen molar-refractivity contribution in [3.63, 3.8) is 0 Å². The summed E-state index contributed by atoms with van der Waals surface area (Å²) in [6, 6.07) is 5.02. The van der Waals surface area contributed by atoms with Crippen LogP contribution in [0, 0.1) is 11.3 Å². The first-order valence-corrected chi connectivity index (χ1v) is 12.1. The predicted molar refractivity (Wildman–Crippen MR) is 133 cm³/mol. The van der Waals surface area contributed by atoms with Crippen molar-refractivity contribution in [1.29, 1.82) is 0 Å². The van der Waals surface area contributed by atoms with Gasteiger partial charge in [-0.25, -0.2) is 4.79 Å². The van der Waals surface area contributed by atoms with E-state index in [1.54, 1.807) is 24.3 Å². The molecule has 3 amide bonds. The van der Waals surface area contributed by atoms with Crippen molar-refractivity contribution in [3.8, 4) is 0 Å². The number of aromatic nitrogens is 1. The summed E-state index contributed by atoms with van der Waals surface area (Å²) in [7, 11) is 1.23. The Morgan fingerprint density at radius 1 is 1.20 bits per heavy atom. The second-order valence-corrected chi connectivity index (χ2v) is 10.5. The lowest BCUT2D eigenvalue weighted by Gasteiger charge is -2.29. The zero-order chi connectivity index (χ0) is 25.8. The molecule has 35 heavy (non-hydrogen) atoms. The fraction of sp³-hybridized carbons (Fsp3) is 0.520. The van der Waals surface area contributed by atoms with E-state index in [0.29, 0.717) is 35.3 Å². The van der Waals surface area contributed by atoms with Gasteiger partial charge in [0.25, 0.3) is 5.91 Å². The first-order valence-electron chi connectivity index (χ1n) is 11.7. The van der Waals surface area contributed by atoms with Gasteiger partial charge >= 0.3 is 5.97 Å². The van der Waals surface area contributed by atoms with Crippen molar-refractivity contribution in [2.24, 2.45) is 11.3 Å². The zero-order valence-electron chi connectivity index (χ0n) is 20.5. The number of aromatic amines is 1. The number of halogens is 1. The van der Waals surface area contributed by atoms with Crippen LogP contribution in [0.5, 0.6) is 0 Å². The second kappa shape index (κ2) is 11.1. The Kier molecular flexibility index (Phi) is 8.43.